The number of carboxylic acids is 1. The fourth-order valence-corrected chi connectivity index (χ4v) is 2.77. The lowest BCUT2D eigenvalue weighted by Crippen LogP contribution is -2.05. The van der Waals surface area contributed by atoms with Crippen LogP contribution in [0.1, 0.15) is 10.9 Å². The van der Waals surface area contributed by atoms with E-state index in [2.05, 4.69) is 22.0 Å². The van der Waals surface area contributed by atoms with E-state index in [0.717, 1.165) is 5.69 Å². The molecule has 9 heteroatoms. The van der Waals surface area contributed by atoms with Crippen LogP contribution in [0, 0.1) is 0 Å². The van der Waals surface area contributed by atoms with Gasteiger partial charge in [-0.2, -0.15) is 0 Å². The monoisotopic (exact) mass is 315 g/mol. The smallest absolute Gasteiger partial charge is 0.350 e. The molecule has 1 atom stereocenters. The van der Waals surface area contributed by atoms with Crippen LogP contribution < -0.4 is 5.32 Å². The quantitative estimate of drug-likeness (QED) is 0.295. The van der Waals surface area contributed by atoms with E-state index >= 15 is 0 Å². The van der Waals surface area contributed by atoms with E-state index in [1.807, 2.05) is 0 Å². The van der Waals surface area contributed by atoms with Gasteiger partial charge in [0.25, 0.3) is 0 Å². The second-order valence-corrected chi connectivity index (χ2v) is 5.41. The van der Waals surface area contributed by atoms with Gasteiger partial charge in [0.05, 0.1) is 10.9 Å². The summed E-state index contributed by atoms with van der Waals surface area (Å²) in [4.78, 5) is 29.8. The van der Waals surface area contributed by atoms with E-state index in [0.29, 0.717) is 23.5 Å². The lowest BCUT2D eigenvalue weighted by Gasteiger charge is -2.11. The van der Waals surface area contributed by atoms with Gasteiger partial charge in [0.1, 0.15) is 6.61 Å². The van der Waals surface area contributed by atoms with Crippen molar-refractivity contribution >= 4 is 46.8 Å². The SMILES string of the molecule is C=CCSC(CON=CC(=O)O)c1csc(NC=O)n1. The molecule has 0 aliphatic heterocycles. The van der Waals surface area contributed by atoms with Gasteiger partial charge in [0.15, 0.2) is 11.3 Å². The highest BCUT2D eigenvalue weighted by Gasteiger charge is 2.16. The van der Waals surface area contributed by atoms with E-state index < -0.39 is 5.97 Å². The van der Waals surface area contributed by atoms with Crippen molar-refractivity contribution in [1.29, 1.82) is 0 Å². The molecule has 0 fully saturated rings. The molecule has 20 heavy (non-hydrogen) atoms. The number of rotatable bonds is 10. The first-order valence-corrected chi connectivity index (χ1v) is 7.36. The van der Waals surface area contributed by atoms with Gasteiger partial charge < -0.3 is 15.3 Å². The molecule has 0 aromatic carbocycles. The molecule has 1 unspecified atom stereocenters. The summed E-state index contributed by atoms with van der Waals surface area (Å²) in [7, 11) is 0. The van der Waals surface area contributed by atoms with Crippen molar-refractivity contribution in [3.63, 3.8) is 0 Å². The summed E-state index contributed by atoms with van der Waals surface area (Å²) < 4.78 is 0. The number of thioether (sulfide) groups is 1. The van der Waals surface area contributed by atoms with Crippen LogP contribution in [0.2, 0.25) is 0 Å². The number of amides is 1. The van der Waals surface area contributed by atoms with Crippen molar-refractivity contribution in [1.82, 2.24) is 4.98 Å². The Hall–Kier alpha value is -1.87. The third-order valence-corrected chi connectivity index (χ3v) is 3.91. The van der Waals surface area contributed by atoms with Crippen LogP contribution in [-0.4, -0.2) is 41.0 Å². The number of hydrogen-bond donors (Lipinski definition) is 2. The van der Waals surface area contributed by atoms with Gasteiger partial charge in [-0.1, -0.05) is 11.2 Å². The number of carboxylic acid groups (broad SMARTS) is 1. The van der Waals surface area contributed by atoms with Crippen molar-refractivity contribution in [2.75, 3.05) is 17.7 Å². The van der Waals surface area contributed by atoms with E-state index in [1.54, 1.807) is 11.5 Å². The highest BCUT2D eigenvalue weighted by Crippen LogP contribution is 2.31. The van der Waals surface area contributed by atoms with Crippen LogP contribution in [0.3, 0.4) is 0 Å². The first-order valence-electron chi connectivity index (χ1n) is 5.43. The number of aliphatic carboxylic acids is 1. The molecule has 0 aliphatic rings. The normalized spacial score (nSPS) is 12.0. The Morgan fingerprint density at radius 1 is 1.75 bits per heavy atom. The zero-order valence-corrected chi connectivity index (χ0v) is 12.0. The zero-order valence-electron chi connectivity index (χ0n) is 10.4. The maximum absolute atomic E-state index is 10.3. The highest BCUT2D eigenvalue weighted by molar-refractivity contribution is 7.99. The van der Waals surface area contributed by atoms with Crippen molar-refractivity contribution in [3.05, 3.63) is 23.7 Å². The molecule has 0 spiro atoms. The molecular weight excluding hydrogens is 302 g/mol. The van der Waals surface area contributed by atoms with Gasteiger partial charge in [0.2, 0.25) is 6.41 Å². The summed E-state index contributed by atoms with van der Waals surface area (Å²) >= 11 is 2.83. The van der Waals surface area contributed by atoms with E-state index in [-0.39, 0.29) is 11.9 Å². The molecule has 0 radical (unpaired) electrons. The lowest BCUT2D eigenvalue weighted by atomic mass is 10.3. The van der Waals surface area contributed by atoms with Gasteiger partial charge in [-0.3, -0.25) is 4.79 Å². The van der Waals surface area contributed by atoms with Gasteiger partial charge >= 0.3 is 5.97 Å². The Balaban J connectivity index is 2.63. The number of nitrogens with one attached hydrogen (secondary N) is 1. The minimum Gasteiger partial charge on any atom is -0.477 e. The van der Waals surface area contributed by atoms with Gasteiger partial charge in [-0.15, -0.1) is 29.7 Å². The zero-order chi connectivity index (χ0) is 14.8. The highest BCUT2D eigenvalue weighted by atomic mass is 32.2. The number of nitrogens with zero attached hydrogens (tertiary/aromatic N) is 2. The molecule has 0 saturated heterocycles. The van der Waals surface area contributed by atoms with E-state index in [9.17, 15) is 9.59 Å². The van der Waals surface area contributed by atoms with Crippen molar-refractivity contribution in [3.8, 4) is 0 Å². The summed E-state index contributed by atoms with van der Waals surface area (Å²) in [6, 6.07) is 0. The first-order chi connectivity index (χ1) is 9.67. The maximum Gasteiger partial charge on any atom is 0.350 e. The van der Waals surface area contributed by atoms with Crippen LogP contribution in [0.15, 0.2) is 23.2 Å². The fourth-order valence-electron chi connectivity index (χ4n) is 1.15. The molecule has 1 aromatic rings. The summed E-state index contributed by atoms with van der Waals surface area (Å²) in [5, 5.41) is 16.4. The topological polar surface area (TPSA) is 101 Å². The minimum atomic E-state index is -1.17. The third kappa shape index (κ3) is 5.85. The van der Waals surface area contributed by atoms with Crippen LogP contribution in [0.4, 0.5) is 5.13 Å². The van der Waals surface area contributed by atoms with Gasteiger partial charge in [0, 0.05) is 11.1 Å². The first kappa shape index (κ1) is 16.2. The third-order valence-electron chi connectivity index (χ3n) is 1.91. The molecule has 0 bridgehead atoms. The number of carbonyl (C=O) groups excluding carboxylic acids is 1. The number of carbonyl (C=O) groups is 2. The van der Waals surface area contributed by atoms with Crippen molar-refractivity contribution in [2.24, 2.45) is 5.16 Å². The number of thiazole rings is 1. The minimum absolute atomic E-state index is 0.127. The van der Waals surface area contributed by atoms with Crippen LogP contribution in [0.5, 0.6) is 0 Å². The Morgan fingerprint density at radius 2 is 2.55 bits per heavy atom. The van der Waals surface area contributed by atoms with Crippen molar-refractivity contribution in [2.45, 2.75) is 5.25 Å². The molecule has 1 amide bonds. The Morgan fingerprint density at radius 3 is 3.20 bits per heavy atom. The van der Waals surface area contributed by atoms with Gasteiger partial charge in [-0.25, -0.2) is 9.78 Å². The number of hydrogen-bond acceptors (Lipinski definition) is 7. The standard InChI is InChI=1S/C11H13N3O4S2/c1-2-3-19-9(5-18-13-4-10(16)17)8-6-20-11(14-8)12-7-15/h2,4,6-7,9H,1,3,5H2,(H,16,17)(H,12,14,15). The predicted molar refractivity (Wildman–Crippen MR) is 79.3 cm³/mol. The van der Waals surface area contributed by atoms with E-state index in [1.165, 1.54) is 23.1 Å². The molecule has 0 saturated carbocycles. The molecular formula is C11H13N3O4S2. The van der Waals surface area contributed by atoms with Crippen LogP contribution in [-0.2, 0) is 14.4 Å². The molecule has 7 nitrogen and oxygen atoms in total. The number of anilines is 1. The summed E-state index contributed by atoms with van der Waals surface area (Å²) in [5.74, 6) is -0.489. The summed E-state index contributed by atoms with van der Waals surface area (Å²) in [5.41, 5.74) is 0.733. The molecule has 1 aromatic heterocycles. The van der Waals surface area contributed by atoms with Crippen LogP contribution in [0.25, 0.3) is 0 Å². The maximum atomic E-state index is 10.3. The molecule has 1 heterocycles. The van der Waals surface area contributed by atoms with Crippen LogP contribution >= 0.6 is 23.1 Å². The van der Waals surface area contributed by atoms with Gasteiger partial charge in [-0.05, 0) is 0 Å². The summed E-state index contributed by atoms with van der Waals surface area (Å²) in [6.45, 7) is 3.81. The molecule has 2 N–H and O–H groups in total. The largest absolute Gasteiger partial charge is 0.477 e. The van der Waals surface area contributed by atoms with E-state index in [4.69, 9.17) is 9.94 Å². The molecule has 1 rings (SSSR count). The second-order valence-electron chi connectivity index (χ2n) is 3.32. The Bertz CT molecular complexity index is 490. The van der Waals surface area contributed by atoms with Crippen molar-refractivity contribution < 1.29 is 19.5 Å². The summed E-state index contributed by atoms with van der Waals surface area (Å²) in [6.07, 6.45) is 2.98. The fraction of sp³-hybridized carbons (Fsp3) is 0.273. The number of oxime groups is 1. The predicted octanol–water partition coefficient (Wildman–Crippen LogP) is 1.76. The Kier molecular flexibility index (Phi) is 7.36. The average molecular weight is 315 g/mol. The lowest BCUT2D eigenvalue weighted by molar-refractivity contribution is -0.129. The number of aromatic nitrogens is 1. The average Bonchev–Trinajstić information content (AvgIpc) is 2.86. The Labute approximate surface area is 123 Å². The molecule has 0 aliphatic carbocycles. The molecule has 108 valence electrons. The second kappa shape index (κ2) is 9.10.